The van der Waals surface area contributed by atoms with Crippen LogP contribution in [0.4, 0.5) is 0 Å². The standard InChI is InChI=1S/C21H20N4O/c26-15-17-6-4-5-16(9-17)10-22-11-18-12-23-21-20(13-24-25(21)14-18)19-7-2-1-3-8-19/h1-9,12-14,22,26H,10-11,15H2. The molecule has 5 nitrogen and oxygen atoms in total. The first-order valence-corrected chi connectivity index (χ1v) is 8.60. The van der Waals surface area contributed by atoms with Crippen LogP contribution >= 0.6 is 0 Å². The van der Waals surface area contributed by atoms with E-state index >= 15 is 0 Å². The summed E-state index contributed by atoms with van der Waals surface area (Å²) in [7, 11) is 0. The van der Waals surface area contributed by atoms with Gasteiger partial charge in [-0.05, 0) is 16.7 Å². The maximum atomic E-state index is 9.21. The van der Waals surface area contributed by atoms with Crippen LogP contribution < -0.4 is 5.32 Å². The zero-order valence-corrected chi connectivity index (χ0v) is 14.3. The number of nitrogens with zero attached hydrogens (tertiary/aromatic N) is 3. The highest BCUT2D eigenvalue weighted by Gasteiger charge is 2.08. The summed E-state index contributed by atoms with van der Waals surface area (Å²) in [6, 6.07) is 18.1. The molecule has 0 unspecified atom stereocenters. The lowest BCUT2D eigenvalue weighted by molar-refractivity contribution is 0.281. The van der Waals surface area contributed by atoms with Crippen molar-refractivity contribution in [2.24, 2.45) is 0 Å². The number of benzene rings is 2. The Morgan fingerprint density at radius 3 is 2.54 bits per heavy atom. The monoisotopic (exact) mass is 344 g/mol. The van der Waals surface area contributed by atoms with Crippen LogP contribution in [0.1, 0.15) is 16.7 Å². The SMILES string of the molecule is OCc1cccc(CNCc2cnc3c(-c4ccccc4)cnn3c2)c1. The van der Waals surface area contributed by atoms with E-state index < -0.39 is 0 Å². The number of fused-ring (bicyclic) bond motifs is 1. The topological polar surface area (TPSA) is 62.5 Å². The Morgan fingerprint density at radius 1 is 0.885 bits per heavy atom. The van der Waals surface area contributed by atoms with Crippen molar-refractivity contribution in [2.75, 3.05) is 0 Å². The van der Waals surface area contributed by atoms with Gasteiger partial charge >= 0.3 is 0 Å². The molecule has 2 N–H and O–H groups in total. The minimum Gasteiger partial charge on any atom is -0.392 e. The molecule has 130 valence electrons. The van der Waals surface area contributed by atoms with E-state index in [1.165, 1.54) is 0 Å². The van der Waals surface area contributed by atoms with Gasteiger partial charge in [0.1, 0.15) is 0 Å². The highest BCUT2D eigenvalue weighted by molar-refractivity contribution is 5.76. The van der Waals surface area contributed by atoms with E-state index in [0.717, 1.165) is 40.0 Å². The van der Waals surface area contributed by atoms with Crippen molar-refractivity contribution >= 4 is 5.65 Å². The predicted octanol–water partition coefficient (Wildman–Crippen LogP) is 3.18. The largest absolute Gasteiger partial charge is 0.392 e. The number of nitrogens with one attached hydrogen (secondary N) is 1. The Morgan fingerprint density at radius 2 is 1.69 bits per heavy atom. The van der Waals surface area contributed by atoms with Gasteiger partial charge in [0.2, 0.25) is 0 Å². The van der Waals surface area contributed by atoms with Gasteiger partial charge in [-0.2, -0.15) is 5.10 Å². The number of rotatable bonds is 6. The lowest BCUT2D eigenvalue weighted by Gasteiger charge is -2.07. The molecule has 0 saturated carbocycles. The van der Waals surface area contributed by atoms with Crippen LogP contribution in [-0.4, -0.2) is 19.7 Å². The molecule has 5 heteroatoms. The van der Waals surface area contributed by atoms with Crippen LogP contribution in [0.15, 0.2) is 73.2 Å². The van der Waals surface area contributed by atoms with Crippen molar-refractivity contribution in [3.05, 3.63) is 89.9 Å². The molecule has 2 aromatic heterocycles. The van der Waals surface area contributed by atoms with Gasteiger partial charge in [0.15, 0.2) is 5.65 Å². The molecule has 0 amide bonds. The van der Waals surface area contributed by atoms with Crippen LogP contribution in [0.25, 0.3) is 16.8 Å². The fraction of sp³-hybridized carbons (Fsp3) is 0.143. The second kappa shape index (κ2) is 7.47. The van der Waals surface area contributed by atoms with Crippen molar-refractivity contribution < 1.29 is 5.11 Å². The molecule has 0 aliphatic carbocycles. The predicted molar refractivity (Wildman–Crippen MR) is 101 cm³/mol. The van der Waals surface area contributed by atoms with E-state index in [4.69, 9.17) is 0 Å². The number of hydrogen-bond donors (Lipinski definition) is 2. The van der Waals surface area contributed by atoms with Crippen molar-refractivity contribution in [1.29, 1.82) is 0 Å². The van der Waals surface area contributed by atoms with Crippen molar-refractivity contribution in [2.45, 2.75) is 19.7 Å². The van der Waals surface area contributed by atoms with Gasteiger partial charge in [-0.1, -0.05) is 54.6 Å². The smallest absolute Gasteiger partial charge is 0.162 e. The van der Waals surface area contributed by atoms with Gasteiger partial charge in [-0.3, -0.25) is 0 Å². The third-order valence-electron chi connectivity index (χ3n) is 4.33. The van der Waals surface area contributed by atoms with Crippen LogP contribution in [0, 0.1) is 0 Å². The van der Waals surface area contributed by atoms with E-state index in [1.54, 1.807) is 0 Å². The third kappa shape index (κ3) is 3.49. The second-order valence-corrected chi connectivity index (χ2v) is 6.24. The third-order valence-corrected chi connectivity index (χ3v) is 4.33. The average Bonchev–Trinajstić information content (AvgIpc) is 3.12. The summed E-state index contributed by atoms with van der Waals surface area (Å²) in [6.45, 7) is 1.50. The highest BCUT2D eigenvalue weighted by atomic mass is 16.3. The summed E-state index contributed by atoms with van der Waals surface area (Å²) < 4.78 is 1.83. The minimum absolute atomic E-state index is 0.0669. The van der Waals surface area contributed by atoms with E-state index in [9.17, 15) is 5.11 Å². The summed E-state index contributed by atoms with van der Waals surface area (Å²) in [5.74, 6) is 0. The first-order valence-electron chi connectivity index (χ1n) is 8.60. The second-order valence-electron chi connectivity index (χ2n) is 6.24. The lowest BCUT2D eigenvalue weighted by atomic mass is 10.1. The fourth-order valence-electron chi connectivity index (χ4n) is 3.02. The summed E-state index contributed by atoms with van der Waals surface area (Å²) in [4.78, 5) is 4.60. The zero-order valence-electron chi connectivity index (χ0n) is 14.3. The van der Waals surface area contributed by atoms with E-state index in [2.05, 4.69) is 27.5 Å². The Hall–Kier alpha value is -3.02. The fourth-order valence-corrected chi connectivity index (χ4v) is 3.02. The van der Waals surface area contributed by atoms with Crippen molar-refractivity contribution in [3.63, 3.8) is 0 Å². The molecule has 26 heavy (non-hydrogen) atoms. The van der Waals surface area contributed by atoms with Gasteiger partial charge in [-0.15, -0.1) is 0 Å². The van der Waals surface area contributed by atoms with Crippen molar-refractivity contribution in [1.82, 2.24) is 19.9 Å². The number of aliphatic hydroxyl groups excluding tert-OH is 1. The quantitative estimate of drug-likeness (QED) is 0.564. The maximum Gasteiger partial charge on any atom is 0.162 e. The molecule has 2 aromatic carbocycles. The number of aromatic nitrogens is 3. The van der Waals surface area contributed by atoms with Gasteiger partial charge < -0.3 is 10.4 Å². The van der Waals surface area contributed by atoms with Crippen LogP contribution in [-0.2, 0) is 19.7 Å². The molecule has 0 bridgehead atoms. The first kappa shape index (κ1) is 16.4. The van der Waals surface area contributed by atoms with Crippen molar-refractivity contribution in [3.8, 4) is 11.1 Å². The zero-order chi connectivity index (χ0) is 17.8. The summed E-state index contributed by atoms with van der Waals surface area (Å²) in [6.07, 6.45) is 5.75. The molecule has 4 rings (SSSR count). The molecule has 4 aromatic rings. The molecular formula is C21H20N4O. The highest BCUT2D eigenvalue weighted by Crippen LogP contribution is 2.22. The van der Waals surface area contributed by atoms with E-state index in [-0.39, 0.29) is 6.61 Å². The Kier molecular flexibility index (Phi) is 4.73. The Labute approximate surface area is 152 Å². The lowest BCUT2D eigenvalue weighted by Crippen LogP contribution is -2.13. The molecular weight excluding hydrogens is 324 g/mol. The normalized spacial score (nSPS) is 11.1. The van der Waals surface area contributed by atoms with Crippen LogP contribution in [0.3, 0.4) is 0 Å². The average molecular weight is 344 g/mol. The maximum absolute atomic E-state index is 9.21. The number of aliphatic hydroxyl groups is 1. The molecule has 0 atom stereocenters. The minimum atomic E-state index is 0.0669. The van der Waals surface area contributed by atoms with Gasteiger partial charge in [-0.25, -0.2) is 9.50 Å². The van der Waals surface area contributed by atoms with Crippen LogP contribution in [0.5, 0.6) is 0 Å². The first-order chi connectivity index (χ1) is 12.8. The molecule has 0 aliphatic rings. The molecule has 0 radical (unpaired) electrons. The molecule has 0 aliphatic heterocycles. The van der Waals surface area contributed by atoms with Gasteiger partial charge in [0.05, 0.1) is 12.8 Å². The summed E-state index contributed by atoms with van der Waals surface area (Å²) in [5, 5.41) is 17.1. The van der Waals surface area contributed by atoms with Gasteiger partial charge in [0.25, 0.3) is 0 Å². The Bertz CT molecular complexity index is 1010. The molecule has 0 fully saturated rings. The van der Waals surface area contributed by atoms with E-state index in [1.807, 2.05) is 65.6 Å². The molecule has 0 spiro atoms. The Balaban J connectivity index is 1.46. The van der Waals surface area contributed by atoms with Gasteiger partial charge in [0, 0.05) is 36.6 Å². The van der Waals surface area contributed by atoms with E-state index in [0.29, 0.717) is 6.54 Å². The summed E-state index contributed by atoms with van der Waals surface area (Å²) in [5.41, 5.74) is 6.15. The molecule has 0 saturated heterocycles. The van der Waals surface area contributed by atoms with Crippen LogP contribution in [0.2, 0.25) is 0 Å². The summed E-state index contributed by atoms with van der Waals surface area (Å²) >= 11 is 0. The number of hydrogen-bond acceptors (Lipinski definition) is 4. The molecule has 2 heterocycles.